The maximum absolute atomic E-state index is 4.76. The average Bonchev–Trinajstić information content (AvgIpc) is 2.99. The van der Waals surface area contributed by atoms with Gasteiger partial charge >= 0.3 is 0 Å². The first kappa shape index (κ1) is 15.9. The molecule has 0 amide bonds. The van der Waals surface area contributed by atoms with Crippen molar-refractivity contribution in [1.82, 2.24) is 19.9 Å². The van der Waals surface area contributed by atoms with Crippen molar-refractivity contribution in [3.05, 3.63) is 41.5 Å². The van der Waals surface area contributed by atoms with Gasteiger partial charge in [-0.25, -0.2) is 15.0 Å². The van der Waals surface area contributed by atoms with Crippen LogP contribution in [-0.4, -0.2) is 39.0 Å². The van der Waals surface area contributed by atoms with Crippen molar-refractivity contribution in [3.63, 3.8) is 0 Å². The van der Waals surface area contributed by atoms with Gasteiger partial charge in [0, 0.05) is 36.5 Å². The van der Waals surface area contributed by atoms with Gasteiger partial charge in [0.1, 0.15) is 17.5 Å². The van der Waals surface area contributed by atoms with E-state index in [2.05, 4.69) is 34.0 Å². The van der Waals surface area contributed by atoms with Gasteiger partial charge in [-0.3, -0.25) is 0 Å². The van der Waals surface area contributed by atoms with Crippen LogP contribution < -0.4 is 5.32 Å². The molecular weight excluding hydrogens is 286 g/mol. The van der Waals surface area contributed by atoms with E-state index in [1.165, 1.54) is 0 Å². The van der Waals surface area contributed by atoms with E-state index in [4.69, 9.17) is 4.98 Å². The second-order valence-corrected chi connectivity index (χ2v) is 6.62. The quantitative estimate of drug-likeness (QED) is 0.937. The standard InChI is InChI=1S/C18H25N5/c1-12(2)23-9-7-15(11-23)18-20-14(4)10-16(22-18)21-17-13(3)6-5-8-19-17/h5-6,8,10,12,15H,7,9,11H2,1-4H3,(H,19,20,21,22). The Hall–Kier alpha value is -2.01. The third-order valence-electron chi connectivity index (χ3n) is 4.44. The van der Waals surface area contributed by atoms with E-state index >= 15 is 0 Å². The van der Waals surface area contributed by atoms with Crippen molar-refractivity contribution in [3.8, 4) is 0 Å². The number of nitrogens with zero attached hydrogens (tertiary/aromatic N) is 4. The number of rotatable bonds is 4. The molecule has 2 aromatic heterocycles. The van der Waals surface area contributed by atoms with Gasteiger partial charge in [-0.05, 0) is 52.3 Å². The van der Waals surface area contributed by atoms with Crippen molar-refractivity contribution >= 4 is 11.6 Å². The number of nitrogens with one attached hydrogen (secondary N) is 1. The summed E-state index contributed by atoms with van der Waals surface area (Å²) in [5.41, 5.74) is 2.10. The highest BCUT2D eigenvalue weighted by Gasteiger charge is 2.27. The summed E-state index contributed by atoms with van der Waals surface area (Å²) in [4.78, 5) is 16.3. The Morgan fingerprint density at radius 1 is 1.26 bits per heavy atom. The minimum atomic E-state index is 0.419. The molecule has 23 heavy (non-hydrogen) atoms. The van der Waals surface area contributed by atoms with Crippen molar-refractivity contribution in [2.75, 3.05) is 18.4 Å². The van der Waals surface area contributed by atoms with E-state index < -0.39 is 0 Å². The van der Waals surface area contributed by atoms with E-state index in [0.29, 0.717) is 12.0 Å². The van der Waals surface area contributed by atoms with Crippen molar-refractivity contribution in [2.24, 2.45) is 0 Å². The second-order valence-electron chi connectivity index (χ2n) is 6.62. The molecule has 0 aliphatic carbocycles. The first-order valence-electron chi connectivity index (χ1n) is 8.31. The lowest BCUT2D eigenvalue weighted by molar-refractivity contribution is 0.272. The van der Waals surface area contributed by atoms with Crippen LogP contribution in [0.4, 0.5) is 11.6 Å². The number of aromatic nitrogens is 3. The van der Waals surface area contributed by atoms with Gasteiger partial charge in [0.2, 0.25) is 0 Å². The van der Waals surface area contributed by atoms with Crippen LogP contribution in [0, 0.1) is 13.8 Å². The van der Waals surface area contributed by atoms with Gasteiger partial charge in [-0.2, -0.15) is 0 Å². The van der Waals surface area contributed by atoms with Crippen molar-refractivity contribution in [2.45, 2.75) is 46.1 Å². The summed E-state index contributed by atoms with van der Waals surface area (Å²) in [6.45, 7) is 10.7. The van der Waals surface area contributed by atoms with E-state index in [0.717, 1.165) is 48.2 Å². The van der Waals surface area contributed by atoms with Crippen LogP contribution in [0.5, 0.6) is 0 Å². The van der Waals surface area contributed by atoms with Crippen LogP contribution in [0.1, 0.15) is 43.3 Å². The molecule has 1 aliphatic heterocycles. The highest BCUT2D eigenvalue weighted by Crippen LogP contribution is 2.27. The molecule has 3 heterocycles. The maximum Gasteiger partial charge on any atom is 0.135 e. The smallest absolute Gasteiger partial charge is 0.135 e. The fraction of sp³-hybridized carbons (Fsp3) is 0.500. The first-order valence-corrected chi connectivity index (χ1v) is 8.31. The normalized spacial score (nSPS) is 18.6. The molecule has 0 saturated carbocycles. The number of hydrogen-bond donors (Lipinski definition) is 1. The Kier molecular flexibility index (Phi) is 4.57. The van der Waals surface area contributed by atoms with E-state index in [1.54, 1.807) is 6.20 Å². The molecule has 0 radical (unpaired) electrons. The van der Waals surface area contributed by atoms with Gasteiger partial charge in [0.05, 0.1) is 0 Å². The first-order chi connectivity index (χ1) is 11.0. The molecule has 0 spiro atoms. The summed E-state index contributed by atoms with van der Waals surface area (Å²) in [5.74, 6) is 3.05. The Morgan fingerprint density at radius 3 is 2.78 bits per heavy atom. The fourth-order valence-electron chi connectivity index (χ4n) is 3.04. The molecule has 1 atom stereocenters. The zero-order valence-corrected chi connectivity index (χ0v) is 14.4. The van der Waals surface area contributed by atoms with Crippen LogP contribution in [0.25, 0.3) is 0 Å². The Balaban J connectivity index is 1.81. The Bertz CT molecular complexity index is 683. The lowest BCUT2D eigenvalue weighted by atomic mass is 10.1. The molecule has 0 aromatic carbocycles. The summed E-state index contributed by atoms with van der Waals surface area (Å²) in [6.07, 6.45) is 2.92. The Morgan fingerprint density at radius 2 is 2.09 bits per heavy atom. The fourth-order valence-corrected chi connectivity index (χ4v) is 3.04. The number of hydrogen-bond acceptors (Lipinski definition) is 5. The van der Waals surface area contributed by atoms with Gasteiger partial charge < -0.3 is 10.2 Å². The zero-order valence-electron chi connectivity index (χ0n) is 14.4. The molecule has 1 fully saturated rings. The summed E-state index contributed by atoms with van der Waals surface area (Å²) < 4.78 is 0. The topological polar surface area (TPSA) is 53.9 Å². The van der Waals surface area contributed by atoms with Gasteiger partial charge in [0.25, 0.3) is 0 Å². The number of likely N-dealkylation sites (tertiary alicyclic amines) is 1. The number of pyridine rings is 1. The molecule has 1 unspecified atom stereocenters. The number of aryl methyl sites for hydroxylation is 2. The van der Waals surface area contributed by atoms with Crippen LogP contribution in [0.3, 0.4) is 0 Å². The third-order valence-corrected chi connectivity index (χ3v) is 4.44. The zero-order chi connectivity index (χ0) is 16.4. The molecule has 1 aliphatic rings. The minimum absolute atomic E-state index is 0.419. The Labute approximate surface area is 138 Å². The van der Waals surface area contributed by atoms with Crippen LogP contribution in [0.15, 0.2) is 24.4 Å². The summed E-state index contributed by atoms with van der Waals surface area (Å²) in [5, 5.41) is 3.34. The SMILES string of the molecule is Cc1cc(Nc2ncccc2C)nc(C2CCN(C(C)C)C2)n1. The summed E-state index contributed by atoms with van der Waals surface area (Å²) >= 11 is 0. The molecule has 1 saturated heterocycles. The molecule has 122 valence electrons. The lowest BCUT2D eigenvalue weighted by Gasteiger charge is -2.20. The molecule has 0 bridgehead atoms. The maximum atomic E-state index is 4.76. The van der Waals surface area contributed by atoms with Gasteiger partial charge in [-0.15, -0.1) is 0 Å². The predicted octanol–water partition coefficient (Wildman–Crippen LogP) is 3.43. The van der Waals surface area contributed by atoms with Gasteiger partial charge in [0.15, 0.2) is 0 Å². The molecule has 2 aromatic rings. The predicted molar refractivity (Wildman–Crippen MR) is 93.1 cm³/mol. The van der Waals surface area contributed by atoms with E-state index in [1.807, 2.05) is 32.0 Å². The molecular formula is C18H25N5. The average molecular weight is 311 g/mol. The molecule has 5 nitrogen and oxygen atoms in total. The summed E-state index contributed by atoms with van der Waals surface area (Å²) in [7, 11) is 0. The molecule has 1 N–H and O–H groups in total. The van der Waals surface area contributed by atoms with Crippen LogP contribution in [0.2, 0.25) is 0 Å². The molecule has 5 heteroatoms. The van der Waals surface area contributed by atoms with Gasteiger partial charge in [-0.1, -0.05) is 6.07 Å². The summed E-state index contributed by atoms with van der Waals surface area (Å²) in [6, 6.07) is 6.55. The minimum Gasteiger partial charge on any atom is -0.325 e. The molecule has 3 rings (SSSR count). The second kappa shape index (κ2) is 6.62. The number of anilines is 2. The largest absolute Gasteiger partial charge is 0.325 e. The van der Waals surface area contributed by atoms with Crippen molar-refractivity contribution in [1.29, 1.82) is 0 Å². The van der Waals surface area contributed by atoms with Crippen molar-refractivity contribution < 1.29 is 0 Å². The highest BCUT2D eigenvalue weighted by molar-refractivity contribution is 5.55. The lowest BCUT2D eigenvalue weighted by Crippen LogP contribution is -2.28. The highest BCUT2D eigenvalue weighted by atomic mass is 15.2. The third kappa shape index (κ3) is 3.67. The van der Waals surface area contributed by atoms with E-state index in [9.17, 15) is 0 Å². The van der Waals surface area contributed by atoms with Crippen LogP contribution >= 0.6 is 0 Å². The van der Waals surface area contributed by atoms with Crippen LogP contribution in [-0.2, 0) is 0 Å². The van der Waals surface area contributed by atoms with E-state index in [-0.39, 0.29) is 0 Å². The monoisotopic (exact) mass is 311 g/mol.